The van der Waals surface area contributed by atoms with E-state index in [1.807, 2.05) is 6.07 Å². The normalized spacial score (nSPS) is 46.7. The van der Waals surface area contributed by atoms with Gasteiger partial charge in [-0.15, -0.1) is 0 Å². The summed E-state index contributed by atoms with van der Waals surface area (Å²) in [5, 5.41) is 10.4. The first-order chi connectivity index (χ1) is 13.9. The van der Waals surface area contributed by atoms with Crippen LogP contribution in [0.1, 0.15) is 70.8 Å². The number of Topliss-reactive ketones (excluding diaryl/α,β-unsaturated/α-hetero) is 1. The van der Waals surface area contributed by atoms with E-state index in [9.17, 15) is 9.90 Å². The monoisotopic (exact) mass is 396 g/mol. The number of rotatable bonds is 3. The summed E-state index contributed by atoms with van der Waals surface area (Å²) in [6, 6.07) is 10.5. The van der Waals surface area contributed by atoms with Crippen LogP contribution < -0.4 is 0 Å². The van der Waals surface area contributed by atoms with Crippen molar-refractivity contribution in [2.24, 2.45) is 34.5 Å². The second kappa shape index (κ2) is 7.20. The first-order valence-electron chi connectivity index (χ1n) is 11.8. The molecule has 4 fully saturated rings. The Morgan fingerprint density at radius 3 is 2.62 bits per heavy atom. The number of ether oxygens (including phenoxy) is 1. The Balaban J connectivity index is 1.46. The molecule has 8 atom stereocenters. The summed E-state index contributed by atoms with van der Waals surface area (Å²) in [5.41, 5.74) is 1.39. The smallest absolute Gasteiger partial charge is 0.139 e. The molecule has 0 radical (unpaired) electrons. The maximum Gasteiger partial charge on any atom is 0.139 e. The standard InChI is InChI=1S/C26H36O3/c1-25-12-10-19(27)14-18(25)15-22(29-16-17-6-4-3-5-7-17)24-20-8-9-23(28)26(20,2)13-11-21(24)25/h3-7,18-22,24,27H,8-16H2,1-2H3/t18-,19-,20-,21-,22+,24-,25+,26+/m0/s1. The maximum atomic E-state index is 12.8. The van der Waals surface area contributed by atoms with Gasteiger partial charge in [-0.1, -0.05) is 44.2 Å². The predicted octanol–water partition coefficient (Wildman–Crippen LogP) is 5.15. The first-order valence-corrected chi connectivity index (χ1v) is 11.8. The number of hydrogen-bond acceptors (Lipinski definition) is 3. The second-order valence-corrected chi connectivity index (χ2v) is 10.9. The number of aliphatic hydroxyl groups excluding tert-OH is 1. The third-order valence-electron chi connectivity index (χ3n) is 9.65. The molecule has 0 heterocycles. The van der Waals surface area contributed by atoms with Crippen LogP contribution in [-0.2, 0) is 16.1 Å². The minimum Gasteiger partial charge on any atom is -0.393 e. The van der Waals surface area contributed by atoms with Crippen LogP contribution in [0.25, 0.3) is 0 Å². The summed E-state index contributed by atoms with van der Waals surface area (Å²) < 4.78 is 6.66. The van der Waals surface area contributed by atoms with Crippen molar-refractivity contribution in [1.82, 2.24) is 0 Å². The zero-order valence-corrected chi connectivity index (χ0v) is 18.0. The van der Waals surface area contributed by atoms with Gasteiger partial charge in [-0.2, -0.15) is 0 Å². The average molecular weight is 397 g/mol. The molecule has 158 valence electrons. The molecule has 0 bridgehead atoms. The third kappa shape index (κ3) is 3.11. The van der Waals surface area contributed by atoms with E-state index < -0.39 is 0 Å². The molecule has 29 heavy (non-hydrogen) atoms. The molecule has 5 rings (SSSR count). The molecule has 0 aromatic heterocycles. The topological polar surface area (TPSA) is 46.5 Å². The van der Waals surface area contributed by atoms with Gasteiger partial charge in [0.05, 0.1) is 18.8 Å². The highest BCUT2D eigenvalue weighted by molar-refractivity contribution is 5.87. The Bertz CT molecular complexity index is 760. The predicted molar refractivity (Wildman–Crippen MR) is 113 cm³/mol. The molecule has 3 nitrogen and oxygen atoms in total. The summed E-state index contributed by atoms with van der Waals surface area (Å²) in [5.74, 6) is 2.61. The van der Waals surface area contributed by atoms with E-state index in [1.54, 1.807) is 0 Å². The molecule has 3 heteroatoms. The fourth-order valence-corrected chi connectivity index (χ4v) is 7.90. The van der Waals surface area contributed by atoms with Crippen LogP contribution >= 0.6 is 0 Å². The minimum atomic E-state index is -0.152. The largest absolute Gasteiger partial charge is 0.393 e. The molecule has 0 aliphatic heterocycles. The van der Waals surface area contributed by atoms with Gasteiger partial charge >= 0.3 is 0 Å². The van der Waals surface area contributed by atoms with E-state index in [0.717, 1.165) is 51.4 Å². The van der Waals surface area contributed by atoms with Crippen LogP contribution in [0.15, 0.2) is 30.3 Å². The molecule has 4 saturated carbocycles. The maximum absolute atomic E-state index is 12.8. The van der Waals surface area contributed by atoms with Crippen molar-refractivity contribution >= 4 is 5.78 Å². The van der Waals surface area contributed by atoms with Gasteiger partial charge in [0.1, 0.15) is 5.78 Å². The fourth-order valence-electron chi connectivity index (χ4n) is 7.90. The Labute approximate surface area is 175 Å². The lowest BCUT2D eigenvalue weighted by atomic mass is 9.44. The highest BCUT2D eigenvalue weighted by Gasteiger charge is 2.62. The lowest BCUT2D eigenvalue weighted by molar-refractivity contribution is -0.187. The highest BCUT2D eigenvalue weighted by Crippen LogP contribution is 2.65. The van der Waals surface area contributed by atoms with Gasteiger partial charge in [-0.25, -0.2) is 0 Å². The molecule has 1 aromatic carbocycles. The molecule has 1 N–H and O–H groups in total. The number of carbonyl (C=O) groups is 1. The second-order valence-electron chi connectivity index (χ2n) is 10.9. The van der Waals surface area contributed by atoms with E-state index in [4.69, 9.17) is 4.74 Å². The van der Waals surface area contributed by atoms with Crippen LogP contribution in [0, 0.1) is 34.5 Å². The number of carbonyl (C=O) groups excluding carboxylic acids is 1. The summed E-state index contributed by atoms with van der Waals surface area (Å²) in [6.45, 7) is 5.39. The van der Waals surface area contributed by atoms with Gasteiger partial charge in [0.2, 0.25) is 0 Å². The van der Waals surface area contributed by atoms with Crippen molar-refractivity contribution in [2.75, 3.05) is 0 Å². The van der Waals surface area contributed by atoms with Crippen molar-refractivity contribution in [2.45, 2.75) is 84.0 Å². The Kier molecular flexibility index (Phi) is 4.90. The third-order valence-corrected chi connectivity index (χ3v) is 9.65. The SMILES string of the molecule is C[C@@]12CC[C@H](O)C[C@H]1C[C@@H](OCc1ccccc1)[C@@H]1[C@@H]2CC[C@@]2(C)C(=O)CC[C@@H]12. The van der Waals surface area contributed by atoms with Gasteiger partial charge in [-0.05, 0) is 79.6 Å². The zero-order valence-electron chi connectivity index (χ0n) is 18.0. The number of fused-ring (bicyclic) bond motifs is 5. The Hall–Kier alpha value is -1.19. The van der Waals surface area contributed by atoms with Gasteiger partial charge in [0.15, 0.2) is 0 Å². The van der Waals surface area contributed by atoms with Gasteiger partial charge in [-0.3, -0.25) is 4.79 Å². The minimum absolute atomic E-state index is 0.132. The molecule has 0 spiro atoms. The molecular formula is C26H36O3. The van der Waals surface area contributed by atoms with Gasteiger partial charge < -0.3 is 9.84 Å². The number of ketones is 1. The number of aliphatic hydroxyl groups is 1. The first kappa shape index (κ1) is 19.8. The lowest BCUT2D eigenvalue weighted by Gasteiger charge is -2.62. The summed E-state index contributed by atoms with van der Waals surface area (Å²) in [6.07, 6.45) is 8.09. The van der Waals surface area contributed by atoms with E-state index >= 15 is 0 Å². The average Bonchev–Trinajstić information content (AvgIpc) is 3.02. The molecule has 1 aromatic rings. The highest BCUT2D eigenvalue weighted by atomic mass is 16.5. The van der Waals surface area contributed by atoms with Gasteiger partial charge in [0, 0.05) is 11.8 Å². The van der Waals surface area contributed by atoms with E-state index in [-0.39, 0.29) is 17.6 Å². The van der Waals surface area contributed by atoms with E-state index in [0.29, 0.717) is 41.5 Å². The van der Waals surface area contributed by atoms with Gasteiger partial charge in [0.25, 0.3) is 0 Å². The summed E-state index contributed by atoms with van der Waals surface area (Å²) in [4.78, 5) is 12.8. The number of hydrogen-bond donors (Lipinski definition) is 1. The molecule has 4 aliphatic rings. The quantitative estimate of drug-likeness (QED) is 0.768. The van der Waals surface area contributed by atoms with Crippen molar-refractivity contribution < 1.29 is 14.6 Å². The molecule has 0 unspecified atom stereocenters. The van der Waals surface area contributed by atoms with Crippen molar-refractivity contribution in [3.63, 3.8) is 0 Å². The Morgan fingerprint density at radius 1 is 1.03 bits per heavy atom. The summed E-state index contributed by atoms with van der Waals surface area (Å²) >= 11 is 0. The van der Waals surface area contributed by atoms with Crippen LogP contribution in [0.3, 0.4) is 0 Å². The number of benzene rings is 1. The fraction of sp³-hybridized carbons (Fsp3) is 0.731. The van der Waals surface area contributed by atoms with Crippen molar-refractivity contribution in [3.05, 3.63) is 35.9 Å². The summed E-state index contributed by atoms with van der Waals surface area (Å²) in [7, 11) is 0. The van der Waals surface area contributed by atoms with Crippen LogP contribution in [-0.4, -0.2) is 23.1 Å². The molecule has 0 amide bonds. The molecule has 0 saturated heterocycles. The van der Waals surface area contributed by atoms with Crippen LogP contribution in [0.5, 0.6) is 0 Å². The van der Waals surface area contributed by atoms with Crippen LogP contribution in [0.4, 0.5) is 0 Å². The van der Waals surface area contributed by atoms with Crippen LogP contribution in [0.2, 0.25) is 0 Å². The zero-order chi connectivity index (χ0) is 20.2. The van der Waals surface area contributed by atoms with Crippen molar-refractivity contribution in [1.29, 1.82) is 0 Å². The molecular weight excluding hydrogens is 360 g/mol. The molecule has 4 aliphatic carbocycles. The Morgan fingerprint density at radius 2 is 1.83 bits per heavy atom. The van der Waals surface area contributed by atoms with E-state index in [2.05, 4.69) is 38.1 Å². The van der Waals surface area contributed by atoms with E-state index in [1.165, 1.54) is 5.56 Å². The van der Waals surface area contributed by atoms with Crippen molar-refractivity contribution in [3.8, 4) is 0 Å². The lowest BCUT2D eigenvalue weighted by Crippen LogP contribution is -2.59.